The summed E-state index contributed by atoms with van der Waals surface area (Å²) in [5.41, 5.74) is 1.04. The number of halogens is 2. The largest absolute Gasteiger partial charge is 0.489 e. The van der Waals surface area contributed by atoms with Gasteiger partial charge in [0.1, 0.15) is 0 Å². The minimum absolute atomic E-state index is 0.264. The Morgan fingerprint density at radius 1 is 1.17 bits per heavy atom. The third kappa shape index (κ3) is 1.93. The molecule has 0 amide bonds. The molecule has 0 aromatic heterocycles. The molecule has 2 nitrogen and oxygen atoms in total. The van der Waals surface area contributed by atoms with Crippen molar-refractivity contribution in [3.8, 4) is 0 Å². The van der Waals surface area contributed by atoms with Crippen molar-refractivity contribution >= 4 is 35.8 Å². The highest BCUT2D eigenvalue weighted by Crippen LogP contribution is 2.18. The Hall–Kier alpha value is -0.215. The molecule has 0 aliphatic carbocycles. The first-order valence-electron chi connectivity index (χ1n) is 3.34. The molecule has 0 aliphatic rings. The average Bonchev–Trinajstić information content (AvgIpc) is 1.96. The zero-order valence-corrected chi connectivity index (χ0v) is 7.89. The molecule has 0 spiro atoms. The van der Waals surface area contributed by atoms with Gasteiger partial charge in [0.25, 0.3) is 0 Å². The number of hydrogen-bond donors (Lipinski definition) is 2. The van der Waals surface area contributed by atoms with Crippen LogP contribution in [-0.4, -0.2) is 17.2 Å². The van der Waals surface area contributed by atoms with Crippen molar-refractivity contribution in [3.63, 3.8) is 0 Å². The van der Waals surface area contributed by atoms with Gasteiger partial charge in [-0.1, -0.05) is 29.3 Å². The van der Waals surface area contributed by atoms with Crippen molar-refractivity contribution in [1.82, 2.24) is 0 Å². The third-order valence-electron chi connectivity index (χ3n) is 1.56. The van der Waals surface area contributed by atoms with Crippen LogP contribution in [0.4, 0.5) is 0 Å². The fourth-order valence-corrected chi connectivity index (χ4v) is 1.36. The number of rotatable bonds is 1. The van der Waals surface area contributed by atoms with E-state index in [1.165, 1.54) is 6.07 Å². The first-order chi connectivity index (χ1) is 5.52. The highest BCUT2D eigenvalue weighted by molar-refractivity contribution is 6.63. The molecule has 12 heavy (non-hydrogen) atoms. The van der Waals surface area contributed by atoms with Crippen molar-refractivity contribution in [2.24, 2.45) is 0 Å². The van der Waals surface area contributed by atoms with E-state index in [-0.39, 0.29) is 10.5 Å². The Morgan fingerprint density at radius 2 is 1.75 bits per heavy atom. The minimum atomic E-state index is -1.55. The summed E-state index contributed by atoms with van der Waals surface area (Å²) in [6.45, 7) is 1.77. The summed E-state index contributed by atoms with van der Waals surface area (Å²) in [5.74, 6) is 0. The molecule has 0 heterocycles. The Labute approximate surface area is 80.9 Å². The van der Waals surface area contributed by atoms with Gasteiger partial charge in [0.15, 0.2) is 0 Å². The molecule has 0 saturated carbocycles. The predicted octanol–water partition coefficient (Wildman–Crippen LogP) is 0.982. The molecular formula is C7H7BCl2O2. The van der Waals surface area contributed by atoms with Gasteiger partial charge in [-0.15, -0.1) is 0 Å². The summed E-state index contributed by atoms with van der Waals surface area (Å²) in [4.78, 5) is 0. The van der Waals surface area contributed by atoms with Crippen LogP contribution in [0.1, 0.15) is 5.56 Å². The van der Waals surface area contributed by atoms with Crippen molar-refractivity contribution in [1.29, 1.82) is 0 Å². The van der Waals surface area contributed by atoms with E-state index in [9.17, 15) is 0 Å². The van der Waals surface area contributed by atoms with Crippen LogP contribution in [0.25, 0.3) is 0 Å². The fourth-order valence-electron chi connectivity index (χ4n) is 0.877. The quantitative estimate of drug-likeness (QED) is 0.670. The molecule has 2 N–H and O–H groups in total. The zero-order valence-electron chi connectivity index (χ0n) is 6.38. The number of aryl methyl sites for hydroxylation is 1. The summed E-state index contributed by atoms with van der Waals surface area (Å²) in [6.07, 6.45) is 0. The van der Waals surface area contributed by atoms with Gasteiger partial charge in [0, 0.05) is 15.5 Å². The normalized spacial score (nSPS) is 10.1. The van der Waals surface area contributed by atoms with E-state index in [4.69, 9.17) is 33.2 Å². The number of hydrogen-bond acceptors (Lipinski definition) is 2. The third-order valence-corrected chi connectivity index (χ3v) is 2.29. The maximum atomic E-state index is 8.85. The van der Waals surface area contributed by atoms with Gasteiger partial charge in [-0.2, -0.15) is 0 Å². The van der Waals surface area contributed by atoms with Gasteiger partial charge in [-0.05, 0) is 18.6 Å². The molecule has 1 aromatic rings. The maximum Gasteiger partial charge on any atom is 0.489 e. The van der Waals surface area contributed by atoms with Crippen molar-refractivity contribution in [2.45, 2.75) is 6.92 Å². The topological polar surface area (TPSA) is 40.5 Å². The van der Waals surface area contributed by atoms with Gasteiger partial charge in [0.2, 0.25) is 0 Å². The monoisotopic (exact) mass is 204 g/mol. The van der Waals surface area contributed by atoms with Crippen molar-refractivity contribution in [2.75, 3.05) is 0 Å². The highest BCUT2D eigenvalue weighted by atomic mass is 35.5. The van der Waals surface area contributed by atoms with Crippen LogP contribution in [0.5, 0.6) is 0 Å². The SMILES string of the molecule is Cc1cc(B(O)O)c(Cl)cc1Cl. The minimum Gasteiger partial charge on any atom is -0.423 e. The summed E-state index contributed by atoms with van der Waals surface area (Å²) < 4.78 is 0. The Balaban J connectivity index is 3.23. The van der Waals surface area contributed by atoms with E-state index in [0.717, 1.165) is 5.56 Å². The summed E-state index contributed by atoms with van der Waals surface area (Å²) in [5, 5.41) is 18.5. The molecule has 5 heteroatoms. The van der Waals surface area contributed by atoms with Gasteiger partial charge in [0.05, 0.1) is 0 Å². The van der Waals surface area contributed by atoms with Gasteiger partial charge in [-0.25, -0.2) is 0 Å². The van der Waals surface area contributed by atoms with E-state index < -0.39 is 7.12 Å². The first kappa shape index (κ1) is 9.87. The molecule has 0 bridgehead atoms. The van der Waals surface area contributed by atoms with Crippen LogP contribution >= 0.6 is 23.2 Å². The highest BCUT2D eigenvalue weighted by Gasteiger charge is 2.16. The molecule has 0 aliphatic heterocycles. The lowest BCUT2D eigenvalue weighted by Gasteiger charge is -2.05. The molecule has 0 unspecified atom stereocenters. The van der Waals surface area contributed by atoms with Crippen LogP contribution in [0, 0.1) is 6.92 Å². The number of benzene rings is 1. The molecule has 0 saturated heterocycles. The lowest BCUT2D eigenvalue weighted by atomic mass is 9.79. The molecule has 1 aromatic carbocycles. The van der Waals surface area contributed by atoms with E-state index in [0.29, 0.717) is 5.02 Å². The second-order valence-electron chi connectivity index (χ2n) is 2.50. The van der Waals surface area contributed by atoms with Crippen LogP contribution in [0.2, 0.25) is 10.0 Å². The van der Waals surface area contributed by atoms with E-state index in [1.54, 1.807) is 13.0 Å². The lowest BCUT2D eigenvalue weighted by Crippen LogP contribution is -2.31. The second-order valence-corrected chi connectivity index (χ2v) is 3.31. The van der Waals surface area contributed by atoms with Gasteiger partial charge < -0.3 is 10.0 Å². The first-order valence-corrected chi connectivity index (χ1v) is 4.09. The molecular weight excluding hydrogens is 198 g/mol. The van der Waals surface area contributed by atoms with Crippen molar-refractivity contribution < 1.29 is 10.0 Å². The Kier molecular flexibility index (Phi) is 3.01. The Morgan fingerprint density at radius 3 is 2.25 bits per heavy atom. The smallest absolute Gasteiger partial charge is 0.423 e. The standard InChI is InChI=1S/C7H7BCl2O2/c1-4-2-5(8(11)12)7(10)3-6(4)9/h2-3,11-12H,1H3. The molecule has 0 fully saturated rings. The zero-order chi connectivity index (χ0) is 9.30. The maximum absolute atomic E-state index is 8.85. The summed E-state index contributed by atoms with van der Waals surface area (Å²) in [6, 6.07) is 3.04. The van der Waals surface area contributed by atoms with Crippen LogP contribution in [0.15, 0.2) is 12.1 Å². The van der Waals surface area contributed by atoms with E-state index in [1.807, 2.05) is 0 Å². The van der Waals surface area contributed by atoms with Gasteiger partial charge >= 0.3 is 7.12 Å². The fraction of sp³-hybridized carbons (Fsp3) is 0.143. The van der Waals surface area contributed by atoms with Crippen molar-refractivity contribution in [3.05, 3.63) is 27.7 Å². The molecule has 0 radical (unpaired) electrons. The van der Waals surface area contributed by atoms with Crippen LogP contribution < -0.4 is 5.46 Å². The summed E-state index contributed by atoms with van der Waals surface area (Å²) in [7, 11) is -1.55. The van der Waals surface area contributed by atoms with E-state index in [2.05, 4.69) is 0 Å². The van der Waals surface area contributed by atoms with Crippen LogP contribution in [0.3, 0.4) is 0 Å². The average molecular weight is 205 g/mol. The predicted molar refractivity (Wildman–Crippen MR) is 51.0 cm³/mol. The lowest BCUT2D eigenvalue weighted by molar-refractivity contribution is 0.426. The van der Waals surface area contributed by atoms with E-state index >= 15 is 0 Å². The molecule has 1 rings (SSSR count). The summed E-state index contributed by atoms with van der Waals surface area (Å²) >= 11 is 11.4. The Bertz CT molecular complexity index is 302. The molecule has 64 valence electrons. The molecule has 0 atom stereocenters. The van der Waals surface area contributed by atoms with Crippen LogP contribution in [-0.2, 0) is 0 Å². The van der Waals surface area contributed by atoms with Gasteiger partial charge in [-0.3, -0.25) is 0 Å². The second kappa shape index (κ2) is 3.67.